The van der Waals surface area contributed by atoms with E-state index in [1.54, 1.807) is 0 Å². The van der Waals surface area contributed by atoms with E-state index in [4.69, 9.17) is 0 Å². The van der Waals surface area contributed by atoms with Crippen LogP contribution in [0, 0.1) is 29.6 Å². The Morgan fingerprint density at radius 1 is 0.632 bits per heavy atom. The summed E-state index contributed by atoms with van der Waals surface area (Å²) < 4.78 is 0. The van der Waals surface area contributed by atoms with Gasteiger partial charge >= 0.3 is 0 Å². The van der Waals surface area contributed by atoms with Crippen LogP contribution in [0.15, 0.2) is 115 Å². The van der Waals surface area contributed by atoms with E-state index < -0.39 is 28.1 Å². The molecule has 2 fully saturated rings. The van der Waals surface area contributed by atoms with Gasteiger partial charge in [-0.1, -0.05) is 128 Å². The highest BCUT2D eigenvalue weighted by Crippen LogP contribution is 2.82. The molecule has 0 aromatic heterocycles. The molecule has 2 nitrogen and oxygen atoms in total. The van der Waals surface area contributed by atoms with E-state index in [-0.39, 0.29) is 11.6 Å². The molecule has 7 rings (SSSR count). The molecule has 0 N–H and O–H groups in total. The number of hydrogen-bond acceptors (Lipinski definition) is 2. The second-order valence-corrected chi connectivity index (χ2v) is 11.6. The molecule has 3 aliphatic carbocycles. The van der Waals surface area contributed by atoms with Crippen LogP contribution in [0.3, 0.4) is 0 Å². The van der Waals surface area contributed by atoms with E-state index in [1.165, 1.54) is 0 Å². The van der Waals surface area contributed by atoms with E-state index in [1.807, 2.05) is 61.5 Å². The van der Waals surface area contributed by atoms with Gasteiger partial charge in [0.25, 0.3) is 0 Å². The minimum atomic E-state index is -0.880. The molecule has 4 aromatic carbocycles. The fourth-order valence-electron chi connectivity index (χ4n) is 8.26. The van der Waals surface area contributed by atoms with Gasteiger partial charge in [0.15, 0.2) is 5.78 Å². The molecule has 0 bridgehead atoms. The summed E-state index contributed by atoms with van der Waals surface area (Å²) in [6, 6.07) is 39.0. The summed E-state index contributed by atoms with van der Waals surface area (Å²) in [4.78, 5) is 29.8. The highest BCUT2D eigenvalue weighted by atomic mass is 16.2. The summed E-state index contributed by atoms with van der Waals surface area (Å²) in [6.07, 6.45) is 0. The summed E-state index contributed by atoms with van der Waals surface area (Å²) in [5.41, 5.74) is 4.92. The van der Waals surface area contributed by atoms with E-state index in [2.05, 4.69) is 74.5 Å². The predicted molar refractivity (Wildman–Crippen MR) is 151 cm³/mol. The van der Waals surface area contributed by atoms with Gasteiger partial charge in [-0.2, -0.15) is 0 Å². The smallest absolute Gasteiger partial charge is 0.152 e. The second kappa shape index (κ2) is 7.74. The minimum absolute atomic E-state index is 0.184. The summed E-state index contributed by atoms with van der Waals surface area (Å²) in [5, 5.41) is 0. The lowest BCUT2D eigenvalue weighted by Gasteiger charge is -2.53. The number of aryl methyl sites for hydroxylation is 1. The van der Waals surface area contributed by atoms with Crippen molar-refractivity contribution in [2.45, 2.75) is 26.2 Å². The third kappa shape index (κ3) is 2.58. The van der Waals surface area contributed by atoms with Gasteiger partial charge in [-0.15, -0.1) is 0 Å². The fourth-order valence-corrected chi connectivity index (χ4v) is 8.26. The van der Waals surface area contributed by atoms with Gasteiger partial charge in [0.05, 0.1) is 16.7 Å². The van der Waals surface area contributed by atoms with Gasteiger partial charge in [0, 0.05) is 11.3 Å². The van der Waals surface area contributed by atoms with Crippen molar-refractivity contribution in [2.24, 2.45) is 22.7 Å². The Kier molecular flexibility index (Phi) is 4.70. The summed E-state index contributed by atoms with van der Waals surface area (Å²) in [7, 11) is 0. The van der Waals surface area contributed by atoms with Gasteiger partial charge in [0.2, 0.25) is 0 Å². The zero-order valence-corrected chi connectivity index (χ0v) is 21.9. The molecule has 38 heavy (non-hydrogen) atoms. The summed E-state index contributed by atoms with van der Waals surface area (Å²) in [5.74, 6) is -0.483. The number of carbonyl (C=O) groups is 2. The molecule has 3 aliphatic rings. The van der Waals surface area contributed by atoms with Gasteiger partial charge in [0.1, 0.15) is 5.78 Å². The van der Waals surface area contributed by atoms with Crippen LogP contribution in [0.1, 0.15) is 41.7 Å². The van der Waals surface area contributed by atoms with E-state index in [0.29, 0.717) is 0 Å². The molecular weight excluding hydrogens is 464 g/mol. The first-order chi connectivity index (χ1) is 18.4. The first-order valence-electron chi connectivity index (χ1n) is 13.4. The molecule has 0 spiro atoms. The monoisotopic (exact) mass is 494 g/mol. The van der Waals surface area contributed by atoms with E-state index in [9.17, 15) is 4.79 Å². The van der Waals surface area contributed by atoms with Crippen LogP contribution in [0.5, 0.6) is 0 Å². The fraction of sp³-hybridized carbons (Fsp3) is 0.222. The zero-order valence-electron chi connectivity index (χ0n) is 21.9. The first-order valence-corrected chi connectivity index (χ1v) is 13.4. The molecule has 0 heterocycles. The SMILES string of the molecule is Cc1cccc([C@@]2(c3ccccc3)[C@H]3C(=O)C4C(c5ccccc5)=C(c5ccccc5)[C@]4(C)C(=O)[C@]32C)c1. The number of ketones is 2. The van der Waals surface area contributed by atoms with Gasteiger partial charge in [-0.3, -0.25) is 9.59 Å². The number of benzene rings is 4. The number of carbonyl (C=O) groups excluding carboxylic acids is 2. The Morgan fingerprint density at radius 2 is 1.18 bits per heavy atom. The summed E-state index contributed by atoms with van der Waals surface area (Å²) >= 11 is 0. The molecule has 2 saturated carbocycles. The maximum absolute atomic E-state index is 15.0. The van der Waals surface area contributed by atoms with Crippen LogP contribution < -0.4 is 0 Å². The van der Waals surface area contributed by atoms with Crippen molar-refractivity contribution >= 4 is 22.7 Å². The third-order valence-corrected chi connectivity index (χ3v) is 9.76. The van der Waals surface area contributed by atoms with Crippen molar-refractivity contribution in [3.05, 3.63) is 143 Å². The molecule has 0 radical (unpaired) electrons. The van der Waals surface area contributed by atoms with Crippen molar-refractivity contribution in [1.82, 2.24) is 0 Å². The van der Waals surface area contributed by atoms with Gasteiger partial charge in [-0.25, -0.2) is 0 Å². The van der Waals surface area contributed by atoms with Crippen LogP contribution in [0.2, 0.25) is 0 Å². The Labute approximate surface area is 224 Å². The van der Waals surface area contributed by atoms with E-state index >= 15 is 4.79 Å². The number of Topliss-reactive ketones (excluding diaryl/α,β-unsaturated/α-hetero) is 2. The molecule has 0 amide bonds. The highest BCUT2D eigenvalue weighted by molar-refractivity contribution is 6.28. The Bertz CT molecular complexity index is 1630. The lowest BCUT2D eigenvalue weighted by Crippen LogP contribution is -2.56. The Hall–Kier alpha value is -4.04. The Balaban J connectivity index is 1.50. The van der Waals surface area contributed by atoms with Crippen LogP contribution in [0.25, 0.3) is 11.1 Å². The van der Waals surface area contributed by atoms with Crippen molar-refractivity contribution in [1.29, 1.82) is 0 Å². The zero-order chi connectivity index (χ0) is 26.3. The molecular formula is C36H30O2. The maximum atomic E-state index is 15.0. The van der Waals surface area contributed by atoms with Crippen molar-refractivity contribution < 1.29 is 9.59 Å². The van der Waals surface area contributed by atoms with Crippen LogP contribution >= 0.6 is 0 Å². The number of allylic oxidation sites excluding steroid dienone is 2. The second-order valence-electron chi connectivity index (χ2n) is 11.6. The minimum Gasteiger partial charge on any atom is -0.299 e. The number of hydrogen-bond donors (Lipinski definition) is 0. The normalized spacial score (nSPS) is 31.3. The van der Waals surface area contributed by atoms with Crippen molar-refractivity contribution in [2.75, 3.05) is 0 Å². The lowest BCUT2D eigenvalue weighted by molar-refractivity contribution is -0.144. The quantitative estimate of drug-likeness (QED) is 0.298. The molecule has 0 aliphatic heterocycles. The van der Waals surface area contributed by atoms with Crippen LogP contribution in [-0.2, 0) is 15.0 Å². The standard InChI is InChI=1S/C36H30O2/c1-23-14-13-21-27(22-23)36(26-19-11-6-12-20-26)32-31(37)30-28(24-15-7-4-8-16-24)29(25-17-9-5-10-18-25)34(30,2)33(38)35(32,36)3/h4-22,30,32H,1-3H3/t30?,32-,34-,35-,36-/m0/s1. The topological polar surface area (TPSA) is 34.1 Å². The Morgan fingerprint density at radius 3 is 1.79 bits per heavy atom. The van der Waals surface area contributed by atoms with Crippen LogP contribution in [0.4, 0.5) is 0 Å². The first kappa shape index (κ1) is 23.1. The van der Waals surface area contributed by atoms with Crippen molar-refractivity contribution in [3.8, 4) is 0 Å². The lowest BCUT2D eigenvalue weighted by atomic mass is 9.46. The maximum Gasteiger partial charge on any atom is 0.152 e. The predicted octanol–water partition coefficient (Wildman–Crippen LogP) is 7.32. The number of rotatable bonds is 4. The average Bonchev–Trinajstić information content (AvgIpc) is 3.54. The van der Waals surface area contributed by atoms with E-state index in [0.717, 1.165) is 39.0 Å². The van der Waals surface area contributed by atoms with Crippen LogP contribution in [-0.4, -0.2) is 11.6 Å². The molecule has 0 saturated heterocycles. The van der Waals surface area contributed by atoms with Crippen molar-refractivity contribution in [3.63, 3.8) is 0 Å². The highest BCUT2D eigenvalue weighted by Gasteiger charge is 2.88. The molecule has 4 aromatic rings. The van der Waals surface area contributed by atoms with Gasteiger partial charge < -0.3 is 0 Å². The molecule has 186 valence electrons. The largest absolute Gasteiger partial charge is 0.299 e. The van der Waals surface area contributed by atoms with Gasteiger partial charge in [-0.05, 0) is 47.2 Å². The molecule has 5 atom stereocenters. The number of fused-ring (bicyclic) bond motifs is 2. The average molecular weight is 495 g/mol. The summed E-state index contributed by atoms with van der Waals surface area (Å²) in [6.45, 7) is 6.16. The molecule has 1 unspecified atom stereocenters. The third-order valence-electron chi connectivity index (χ3n) is 9.76. The molecule has 2 heteroatoms.